The van der Waals surface area contributed by atoms with E-state index in [9.17, 15) is 0 Å². The van der Waals surface area contributed by atoms with Crippen molar-refractivity contribution in [1.82, 2.24) is 10.6 Å². The minimum Gasteiger partial charge on any atom is -0.390 e. The Bertz CT molecular complexity index is 78.5. The van der Waals surface area contributed by atoms with Crippen LogP contribution in [0.25, 0.3) is 0 Å². The quantitative estimate of drug-likeness (QED) is 0.464. The van der Waals surface area contributed by atoms with E-state index < -0.39 is 0 Å². The molecule has 1 aliphatic heterocycles. The Morgan fingerprint density at radius 1 is 1.62 bits per heavy atom. The van der Waals surface area contributed by atoms with Crippen molar-refractivity contribution in [1.29, 1.82) is 0 Å². The molecule has 0 aliphatic carbocycles. The molecule has 2 heteroatoms. The van der Waals surface area contributed by atoms with Gasteiger partial charge in [-0.05, 0) is 13.1 Å². The van der Waals surface area contributed by atoms with Crippen molar-refractivity contribution in [3.05, 3.63) is 12.3 Å². The molecular formula is C6H12N2. The van der Waals surface area contributed by atoms with E-state index in [-0.39, 0.29) is 0 Å². The van der Waals surface area contributed by atoms with Crippen molar-refractivity contribution in [3.8, 4) is 0 Å². The van der Waals surface area contributed by atoms with Crippen LogP contribution in [0.4, 0.5) is 0 Å². The fourth-order valence-electron chi connectivity index (χ4n) is 0.728. The third kappa shape index (κ3) is 1.54. The molecule has 0 fully saturated rings. The fraction of sp³-hybridized carbons (Fsp3) is 0.667. The van der Waals surface area contributed by atoms with Crippen molar-refractivity contribution in [2.24, 2.45) is 0 Å². The number of hydrogen-bond donors (Lipinski definition) is 2. The highest BCUT2D eigenvalue weighted by atomic mass is 15.0. The van der Waals surface area contributed by atoms with Crippen molar-refractivity contribution in [2.45, 2.75) is 13.0 Å². The van der Waals surface area contributed by atoms with Crippen LogP contribution in [0.15, 0.2) is 12.3 Å². The van der Waals surface area contributed by atoms with Crippen LogP contribution in [-0.2, 0) is 0 Å². The van der Waals surface area contributed by atoms with Gasteiger partial charge < -0.3 is 10.6 Å². The van der Waals surface area contributed by atoms with E-state index in [2.05, 4.69) is 23.6 Å². The van der Waals surface area contributed by atoms with Gasteiger partial charge in [-0.25, -0.2) is 0 Å². The standard InChI is InChI=1S/C6H12N2/c1-6-5-7-3-2-4-8-6/h2-3,6-8H,4-5H2,1H3. The molecule has 46 valence electrons. The SMILES string of the molecule is CC1CNC=CCN1. The van der Waals surface area contributed by atoms with E-state index in [0.717, 1.165) is 13.1 Å². The number of rotatable bonds is 0. The van der Waals surface area contributed by atoms with Crippen LogP contribution in [-0.4, -0.2) is 19.1 Å². The smallest absolute Gasteiger partial charge is 0.0292 e. The Hall–Kier alpha value is -0.500. The first-order valence-electron chi connectivity index (χ1n) is 3.01. The molecule has 0 saturated heterocycles. The van der Waals surface area contributed by atoms with Gasteiger partial charge in [0.2, 0.25) is 0 Å². The van der Waals surface area contributed by atoms with E-state index in [1.54, 1.807) is 0 Å². The van der Waals surface area contributed by atoms with Gasteiger partial charge >= 0.3 is 0 Å². The van der Waals surface area contributed by atoms with E-state index in [0.29, 0.717) is 6.04 Å². The third-order valence-corrected chi connectivity index (χ3v) is 1.24. The summed E-state index contributed by atoms with van der Waals surface area (Å²) in [5, 5.41) is 6.45. The van der Waals surface area contributed by atoms with Crippen molar-refractivity contribution >= 4 is 0 Å². The lowest BCUT2D eigenvalue weighted by molar-refractivity contribution is 0.577. The van der Waals surface area contributed by atoms with Crippen LogP contribution in [0.3, 0.4) is 0 Å². The van der Waals surface area contributed by atoms with E-state index in [4.69, 9.17) is 0 Å². The lowest BCUT2D eigenvalue weighted by Gasteiger charge is -2.07. The maximum absolute atomic E-state index is 3.30. The van der Waals surface area contributed by atoms with Crippen molar-refractivity contribution < 1.29 is 0 Å². The highest BCUT2D eigenvalue weighted by molar-refractivity contribution is 4.87. The van der Waals surface area contributed by atoms with Crippen LogP contribution < -0.4 is 10.6 Å². The molecule has 0 aromatic rings. The molecular weight excluding hydrogens is 100 g/mol. The maximum Gasteiger partial charge on any atom is 0.0292 e. The van der Waals surface area contributed by atoms with Crippen LogP contribution in [0.2, 0.25) is 0 Å². The summed E-state index contributed by atoms with van der Waals surface area (Å²) in [5.41, 5.74) is 0. The molecule has 0 radical (unpaired) electrons. The van der Waals surface area contributed by atoms with Gasteiger partial charge in [0.25, 0.3) is 0 Å². The second-order valence-electron chi connectivity index (χ2n) is 2.12. The molecule has 0 aromatic carbocycles. The molecule has 1 unspecified atom stereocenters. The average Bonchev–Trinajstić information content (AvgIpc) is 1.94. The summed E-state index contributed by atoms with van der Waals surface area (Å²) >= 11 is 0. The zero-order chi connectivity index (χ0) is 5.82. The molecule has 0 bridgehead atoms. The second-order valence-corrected chi connectivity index (χ2v) is 2.12. The summed E-state index contributed by atoms with van der Waals surface area (Å²) in [6.07, 6.45) is 4.08. The predicted octanol–water partition coefficient (Wildman–Crippen LogP) is 0.0814. The van der Waals surface area contributed by atoms with E-state index in [1.165, 1.54) is 0 Å². The Morgan fingerprint density at radius 3 is 3.38 bits per heavy atom. The summed E-state index contributed by atoms with van der Waals surface area (Å²) in [7, 11) is 0. The molecule has 1 aliphatic rings. The highest BCUT2D eigenvalue weighted by Crippen LogP contribution is 1.82. The lowest BCUT2D eigenvalue weighted by Crippen LogP contribution is -2.31. The Labute approximate surface area is 50.0 Å². The number of nitrogens with one attached hydrogen (secondary N) is 2. The third-order valence-electron chi connectivity index (χ3n) is 1.24. The van der Waals surface area contributed by atoms with E-state index in [1.807, 2.05) is 6.20 Å². The van der Waals surface area contributed by atoms with Crippen LogP contribution in [0, 0.1) is 0 Å². The Kier molecular flexibility index (Phi) is 1.92. The van der Waals surface area contributed by atoms with Gasteiger partial charge in [0.05, 0.1) is 0 Å². The summed E-state index contributed by atoms with van der Waals surface area (Å²) in [6, 6.07) is 0.602. The Balaban J connectivity index is 2.28. The lowest BCUT2D eigenvalue weighted by atomic mass is 10.3. The maximum atomic E-state index is 3.30. The van der Waals surface area contributed by atoms with Crippen molar-refractivity contribution in [3.63, 3.8) is 0 Å². The second kappa shape index (κ2) is 2.72. The summed E-state index contributed by atoms with van der Waals surface area (Å²) in [4.78, 5) is 0. The van der Waals surface area contributed by atoms with Crippen LogP contribution in [0.5, 0.6) is 0 Å². The first-order valence-corrected chi connectivity index (χ1v) is 3.01. The predicted molar refractivity (Wildman–Crippen MR) is 34.6 cm³/mol. The molecule has 2 N–H and O–H groups in total. The number of hydrogen-bond acceptors (Lipinski definition) is 2. The summed E-state index contributed by atoms with van der Waals surface area (Å²) in [5.74, 6) is 0. The van der Waals surface area contributed by atoms with Gasteiger partial charge in [0.1, 0.15) is 0 Å². The molecule has 1 atom stereocenters. The van der Waals surface area contributed by atoms with Crippen LogP contribution >= 0.6 is 0 Å². The first-order chi connectivity index (χ1) is 3.89. The van der Waals surface area contributed by atoms with Gasteiger partial charge in [0.15, 0.2) is 0 Å². The largest absolute Gasteiger partial charge is 0.390 e. The average molecular weight is 112 g/mol. The summed E-state index contributed by atoms with van der Waals surface area (Å²) in [6.45, 7) is 4.20. The van der Waals surface area contributed by atoms with Gasteiger partial charge in [-0.15, -0.1) is 0 Å². The topological polar surface area (TPSA) is 24.1 Å². The minimum absolute atomic E-state index is 0.602. The van der Waals surface area contributed by atoms with Gasteiger partial charge in [0, 0.05) is 19.1 Å². The molecule has 1 heterocycles. The Morgan fingerprint density at radius 2 is 2.50 bits per heavy atom. The highest BCUT2D eigenvalue weighted by Gasteiger charge is 1.98. The van der Waals surface area contributed by atoms with E-state index >= 15 is 0 Å². The minimum atomic E-state index is 0.602. The molecule has 0 aromatic heterocycles. The summed E-state index contributed by atoms with van der Waals surface area (Å²) < 4.78 is 0. The van der Waals surface area contributed by atoms with Gasteiger partial charge in [-0.3, -0.25) is 0 Å². The van der Waals surface area contributed by atoms with Gasteiger partial charge in [-0.2, -0.15) is 0 Å². The molecule has 0 spiro atoms. The molecule has 8 heavy (non-hydrogen) atoms. The van der Waals surface area contributed by atoms with Gasteiger partial charge in [-0.1, -0.05) is 6.08 Å². The van der Waals surface area contributed by atoms with Crippen molar-refractivity contribution in [2.75, 3.05) is 13.1 Å². The zero-order valence-electron chi connectivity index (χ0n) is 5.15. The zero-order valence-corrected chi connectivity index (χ0v) is 5.15. The normalized spacial score (nSPS) is 28.9. The molecule has 0 saturated carbocycles. The fourth-order valence-corrected chi connectivity index (χ4v) is 0.728. The first kappa shape index (κ1) is 5.63. The monoisotopic (exact) mass is 112 g/mol. The molecule has 0 amide bonds. The van der Waals surface area contributed by atoms with Crippen LogP contribution in [0.1, 0.15) is 6.92 Å². The molecule has 2 nitrogen and oxygen atoms in total. The molecule has 1 rings (SSSR count).